The summed E-state index contributed by atoms with van der Waals surface area (Å²) in [7, 11) is 1.41. The molecule has 1 aromatic carbocycles. The van der Waals surface area contributed by atoms with Crippen molar-refractivity contribution in [3.63, 3.8) is 0 Å². The number of rotatable bonds is 3. The first-order valence-electron chi connectivity index (χ1n) is 6.30. The zero-order chi connectivity index (χ0) is 14.1. The summed E-state index contributed by atoms with van der Waals surface area (Å²) in [5.41, 5.74) is 4.10. The van der Waals surface area contributed by atoms with Gasteiger partial charge in [-0.1, -0.05) is 6.07 Å². The maximum Gasteiger partial charge on any atom is 0.305 e. The number of H-pyrrole nitrogens is 1. The van der Waals surface area contributed by atoms with E-state index in [9.17, 15) is 4.79 Å². The van der Waals surface area contributed by atoms with E-state index in [-0.39, 0.29) is 5.97 Å². The molecule has 2 heterocycles. The predicted octanol–water partition coefficient (Wildman–Crippen LogP) is 3.58. The number of nitrogens with one attached hydrogen (secondary N) is 1. The number of fused-ring (bicyclic) bond motifs is 3. The van der Waals surface area contributed by atoms with Crippen molar-refractivity contribution in [1.29, 1.82) is 0 Å². The Morgan fingerprint density at radius 2 is 2.20 bits per heavy atom. The number of benzene rings is 1. The summed E-state index contributed by atoms with van der Waals surface area (Å²) in [6.45, 7) is 0. The summed E-state index contributed by atoms with van der Waals surface area (Å²) in [5, 5.41) is 1.08. The van der Waals surface area contributed by atoms with Crippen molar-refractivity contribution < 1.29 is 9.53 Å². The number of ether oxygens (including phenoxy) is 1. The zero-order valence-corrected chi connectivity index (χ0v) is 12.5. The van der Waals surface area contributed by atoms with Gasteiger partial charge in [0.15, 0.2) is 0 Å². The fourth-order valence-electron chi connectivity index (χ4n) is 2.29. The number of hydrogen-bond donors (Lipinski definition) is 1. The Morgan fingerprint density at radius 3 is 3.00 bits per heavy atom. The second-order valence-corrected chi connectivity index (χ2v) is 5.55. The Bertz CT molecular complexity index is 795. The van der Waals surface area contributed by atoms with E-state index in [2.05, 4.69) is 36.7 Å². The molecule has 3 rings (SSSR count). The van der Waals surface area contributed by atoms with Gasteiger partial charge in [0.05, 0.1) is 18.1 Å². The number of esters is 1. The van der Waals surface area contributed by atoms with Crippen molar-refractivity contribution in [1.82, 2.24) is 9.97 Å². The molecule has 102 valence electrons. The van der Waals surface area contributed by atoms with Gasteiger partial charge in [0.25, 0.3) is 0 Å². The Balaban J connectivity index is 2.01. The molecule has 0 aliphatic heterocycles. The highest BCUT2D eigenvalue weighted by Crippen LogP contribution is 2.26. The van der Waals surface area contributed by atoms with Gasteiger partial charge in [-0.15, -0.1) is 0 Å². The highest BCUT2D eigenvalue weighted by atomic mass is 79.9. The summed E-state index contributed by atoms with van der Waals surface area (Å²) in [6, 6.07) is 8.14. The van der Waals surface area contributed by atoms with Gasteiger partial charge >= 0.3 is 5.97 Å². The Hall–Kier alpha value is -1.88. The van der Waals surface area contributed by atoms with Crippen molar-refractivity contribution in [2.24, 2.45) is 0 Å². The van der Waals surface area contributed by atoms with Crippen LogP contribution in [0.15, 0.2) is 34.9 Å². The lowest BCUT2D eigenvalue weighted by Gasteiger charge is -2.01. The fraction of sp³-hybridized carbons (Fsp3) is 0.200. The molecule has 4 nitrogen and oxygen atoms in total. The zero-order valence-electron chi connectivity index (χ0n) is 10.9. The van der Waals surface area contributed by atoms with Gasteiger partial charge in [-0.2, -0.15) is 0 Å². The number of aromatic nitrogens is 2. The van der Waals surface area contributed by atoms with E-state index < -0.39 is 0 Å². The minimum Gasteiger partial charge on any atom is -0.469 e. The molecular formula is C15H13BrN2O2. The smallest absolute Gasteiger partial charge is 0.305 e. The minimum atomic E-state index is -0.189. The van der Waals surface area contributed by atoms with Gasteiger partial charge in [-0.3, -0.25) is 9.78 Å². The molecule has 5 heteroatoms. The number of hydrogen-bond acceptors (Lipinski definition) is 3. The fourth-order valence-corrected chi connectivity index (χ4v) is 2.63. The number of halogens is 1. The van der Waals surface area contributed by atoms with Crippen LogP contribution in [-0.4, -0.2) is 23.0 Å². The van der Waals surface area contributed by atoms with Crippen LogP contribution >= 0.6 is 15.9 Å². The average molecular weight is 333 g/mol. The number of carbonyl (C=O) groups excluding carboxylic acids is 1. The first-order chi connectivity index (χ1) is 9.67. The largest absolute Gasteiger partial charge is 0.469 e. The van der Waals surface area contributed by atoms with E-state index in [1.165, 1.54) is 7.11 Å². The van der Waals surface area contributed by atoms with E-state index in [1.54, 1.807) is 6.20 Å². The highest BCUT2D eigenvalue weighted by molar-refractivity contribution is 9.10. The Morgan fingerprint density at radius 1 is 1.35 bits per heavy atom. The maximum absolute atomic E-state index is 11.2. The van der Waals surface area contributed by atoms with Crippen molar-refractivity contribution in [2.45, 2.75) is 12.8 Å². The quantitative estimate of drug-likeness (QED) is 0.746. The molecule has 0 spiro atoms. The summed E-state index contributed by atoms with van der Waals surface area (Å²) >= 11 is 3.42. The van der Waals surface area contributed by atoms with Crippen LogP contribution < -0.4 is 0 Å². The molecule has 0 fully saturated rings. The van der Waals surface area contributed by atoms with E-state index in [4.69, 9.17) is 0 Å². The Kier molecular flexibility index (Phi) is 3.44. The number of carbonyl (C=O) groups is 1. The van der Waals surface area contributed by atoms with E-state index in [0.29, 0.717) is 12.8 Å². The SMILES string of the molecule is COC(=O)CCc1ccc2[nH]c3cc(Br)cnc3c2c1. The van der Waals surface area contributed by atoms with Gasteiger partial charge in [0.2, 0.25) is 0 Å². The average Bonchev–Trinajstić information content (AvgIpc) is 2.81. The molecule has 1 N–H and O–H groups in total. The number of aryl methyl sites for hydroxylation is 1. The van der Waals surface area contributed by atoms with Crippen LogP contribution in [0.4, 0.5) is 0 Å². The highest BCUT2D eigenvalue weighted by Gasteiger charge is 2.08. The van der Waals surface area contributed by atoms with Crippen molar-refractivity contribution in [3.05, 3.63) is 40.5 Å². The number of aromatic amines is 1. The summed E-state index contributed by atoms with van der Waals surface area (Å²) in [5.74, 6) is -0.189. The third-order valence-corrected chi connectivity index (χ3v) is 3.74. The summed E-state index contributed by atoms with van der Waals surface area (Å²) in [4.78, 5) is 19.0. The molecular weight excluding hydrogens is 320 g/mol. The molecule has 0 atom stereocenters. The van der Waals surface area contributed by atoms with E-state index in [0.717, 1.165) is 32.0 Å². The lowest BCUT2D eigenvalue weighted by atomic mass is 10.1. The molecule has 0 amide bonds. The summed E-state index contributed by atoms with van der Waals surface area (Å²) in [6.07, 6.45) is 2.85. The monoisotopic (exact) mass is 332 g/mol. The van der Waals surface area contributed by atoms with Crippen LogP contribution in [0.5, 0.6) is 0 Å². The van der Waals surface area contributed by atoms with Gasteiger partial charge in [0, 0.05) is 28.0 Å². The van der Waals surface area contributed by atoms with E-state index >= 15 is 0 Å². The molecule has 0 saturated heterocycles. The third-order valence-electron chi connectivity index (χ3n) is 3.31. The lowest BCUT2D eigenvalue weighted by Crippen LogP contribution is -2.01. The number of methoxy groups -OCH3 is 1. The second-order valence-electron chi connectivity index (χ2n) is 4.63. The van der Waals surface area contributed by atoms with Crippen LogP contribution in [0.3, 0.4) is 0 Å². The molecule has 0 unspecified atom stereocenters. The second kappa shape index (κ2) is 5.25. The molecule has 2 aromatic heterocycles. The van der Waals surface area contributed by atoms with Gasteiger partial charge in [0.1, 0.15) is 0 Å². The topological polar surface area (TPSA) is 55.0 Å². The van der Waals surface area contributed by atoms with Crippen molar-refractivity contribution >= 4 is 43.8 Å². The first-order valence-corrected chi connectivity index (χ1v) is 7.09. The van der Waals surface area contributed by atoms with Crippen molar-refractivity contribution in [3.8, 4) is 0 Å². The van der Waals surface area contributed by atoms with Crippen LogP contribution in [0, 0.1) is 0 Å². The molecule has 3 aromatic rings. The lowest BCUT2D eigenvalue weighted by molar-refractivity contribution is -0.140. The first kappa shape index (κ1) is 13.1. The molecule has 0 aliphatic carbocycles. The number of pyridine rings is 1. The van der Waals surface area contributed by atoms with Crippen LogP contribution in [0.2, 0.25) is 0 Å². The predicted molar refractivity (Wildman–Crippen MR) is 81.6 cm³/mol. The molecule has 0 aliphatic rings. The molecule has 0 bridgehead atoms. The van der Waals surface area contributed by atoms with Gasteiger partial charge in [-0.05, 0) is 46.1 Å². The Labute approximate surface area is 124 Å². The van der Waals surface area contributed by atoms with E-state index in [1.807, 2.05) is 18.2 Å². The molecule has 0 radical (unpaired) electrons. The molecule has 0 saturated carbocycles. The van der Waals surface area contributed by atoms with Crippen LogP contribution in [0.1, 0.15) is 12.0 Å². The van der Waals surface area contributed by atoms with Crippen LogP contribution in [-0.2, 0) is 16.0 Å². The van der Waals surface area contributed by atoms with Gasteiger partial charge < -0.3 is 9.72 Å². The standard InChI is InChI=1S/C15H13BrN2O2/c1-20-14(19)5-3-9-2-4-12-11(6-9)15-13(18-12)7-10(16)8-17-15/h2,4,6-8,18H,3,5H2,1H3. The number of nitrogens with zero attached hydrogens (tertiary/aromatic N) is 1. The third kappa shape index (κ3) is 2.41. The minimum absolute atomic E-state index is 0.189. The molecule has 20 heavy (non-hydrogen) atoms. The normalized spacial score (nSPS) is 11.1. The summed E-state index contributed by atoms with van der Waals surface area (Å²) < 4.78 is 5.61. The van der Waals surface area contributed by atoms with Crippen molar-refractivity contribution in [2.75, 3.05) is 7.11 Å². The van der Waals surface area contributed by atoms with Gasteiger partial charge in [-0.25, -0.2) is 0 Å². The van der Waals surface area contributed by atoms with Crippen LogP contribution in [0.25, 0.3) is 21.9 Å². The maximum atomic E-state index is 11.2.